The number of rotatable bonds is 5. The van der Waals surface area contributed by atoms with Gasteiger partial charge in [-0.1, -0.05) is 6.42 Å². The van der Waals surface area contributed by atoms with Crippen LogP contribution in [0.25, 0.3) is 0 Å². The van der Waals surface area contributed by atoms with E-state index in [0.29, 0.717) is 18.4 Å². The lowest BCUT2D eigenvalue weighted by molar-refractivity contribution is 0.0661. The minimum atomic E-state index is -3.72. The van der Waals surface area contributed by atoms with Crippen LogP contribution in [-0.2, 0) is 10.0 Å². The number of fused-ring (bicyclic) bond motifs is 2. The van der Waals surface area contributed by atoms with Crippen LogP contribution in [0.5, 0.6) is 0 Å². The zero-order valence-corrected chi connectivity index (χ0v) is 12.6. The number of carboxylic acids is 1. The van der Waals surface area contributed by atoms with E-state index in [0.717, 1.165) is 18.4 Å². The molecule has 0 amide bonds. The van der Waals surface area contributed by atoms with Crippen LogP contribution in [0, 0.1) is 24.7 Å². The molecule has 2 N–H and O–H groups in total. The third kappa shape index (κ3) is 2.72. The maximum absolute atomic E-state index is 12.3. The van der Waals surface area contributed by atoms with Gasteiger partial charge in [0.2, 0.25) is 15.8 Å². The predicted molar refractivity (Wildman–Crippen MR) is 74.5 cm³/mol. The molecule has 2 aliphatic rings. The SMILES string of the molecule is Cc1oc(C(=O)O)cc1S(=O)(=O)NCC1CC2CCC1C2. The van der Waals surface area contributed by atoms with Crippen molar-refractivity contribution in [2.24, 2.45) is 17.8 Å². The lowest BCUT2D eigenvalue weighted by Gasteiger charge is -2.21. The third-order valence-corrected chi connectivity index (χ3v) is 6.32. The van der Waals surface area contributed by atoms with Crippen LogP contribution in [0.1, 0.15) is 42.0 Å². The molecule has 3 unspecified atom stereocenters. The molecular weight excluding hydrogens is 294 g/mol. The second kappa shape index (κ2) is 5.14. The molecule has 0 aromatic carbocycles. The molecule has 2 saturated carbocycles. The Kier molecular flexibility index (Phi) is 3.57. The fourth-order valence-corrected chi connectivity index (χ4v) is 5.03. The van der Waals surface area contributed by atoms with Crippen LogP contribution in [0.2, 0.25) is 0 Å². The molecule has 2 fully saturated rings. The molecule has 1 aromatic heterocycles. The Hall–Kier alpha value is -1.34. The number of aromatic carboxylic acids is 1. The van der Waals surface area contributed by atoms with Crippen LogP contribution in [0.4, 0.5) is 0 Å². The zero-order valence-electron chi connectivity index (χ0n) is 11.8. The maximum atomic E-state index is 12.3. The summed E-state index contributed by atoms with van der Waals surface area (Å²) in [6, 6.07) is 1.07. The van der Waals surface area contributed by atoms with Gasteiger partial charge in [0, 0.05) is 12.6 Å². The Balaban J connectivity index is 1.70. The lowest BCUT2D eigenvalue weighted by Crippen LogP contribution is -2.31. The standard InChI is InChI=1S/C14H19NO5S/c1-8-13(6-12(20-8)14(16)17)21(18,19)15-7-11-5-9-2-3-10(11)4-9/h6,9-11,15H,2-5,7H2,1H3,(H,16,17). The number of carboxylic acid groups (broad SMARTS) is 1. The van der Waals surface area contributed by atoms with Crippen molar-refractivity contribution in [3.05, 3.63) is 17.6 Å². The smallest absolute Gasteiger partial charge is 0.371 e. The Morgan fingerprint density at radius 1 is 1.43 bits per heavy atom. The molecule has 3 rings (SSSR count). The summed E-state index contributed by atoms with van der Waals surface area (Å²) in [5, 5.41) is 8.85. The average Bonchev–Trinajstić information content (AvgIpc) is 3.10. The number of hydrogen-bond donors (Lipinski definition) is 2. The Morgan fingerprint density at radius 3 is 2.71 bits per heavy atom. The molecule has 3 atom stereocenters. The fourth-order valence-electron chi connectivity index (χ4n) is 3.76. The Labute approximate surface area is 123 Å². The van der Waals surface area contributed by atoms with Gasteiger partial charge in [-0.05, 0) is 43.9 Å². The van der Waals surface area contributed by atoms with E-state index in [2.05, 4.69) is 4.72 Å². The highest BCUT2D eigenvalue weighted by Gasteiger charge is 2.39. The van der Waals surface area contributed by atoms with Crippen LogP contribution in [-0.4, -0.2) is 26.0 Å². The van der Waals surface area contributed by atoms with Crippen LogP contribution in [0.15, 0.2) is 15.4 Å². The maximum Gasteiger partial charge on any atom is 0.371 e. The Bertz CT molecular complexity index is 663. The molecular formula is C14H19NO5S. The molecule has 1 heterocycles. The summed E-state index contributed by atoms with van der Waals surface area (Å²) in [5.74, 6) is 0.287. The molecule has 6 nitrogen and oxygen atoms in total. The van der Waals surface area contributed by atoms with Crippen LogP contribution in [0.3, 0.4) is 0 Å². The van der Waals surface area contributed by atoms with Gasteiger partial charge in [-0.15, -0.1) is 0 Å². The van der Waals surface area contributed by atoms with Gasteiger partial charge in [-0.25, -0.2) is 17.9 Å². The van der Waals surface area contributed by atoms with Gasteiger partial charge in [0.15, 0.2) is 0 Å². The monoisotopic (exact) mass is 313 g/mol. The lowest BCUT2D eigenvalue weighted by atomic mass is 9.89. The number of nitrogens with one attached hydrogen (secondary N) is 1. The van der Waals surface area contributed by atoms with Crippen molar-refractivity contribution in [1.82, 2.24) is 4.72 Å². The second-order valence-corrected chi connectivity index (χ2v) is 7.86. The van der Waals surface area contributed by atoms with Gasteiger partial charge in [-0.2, -0.15) is 0 Å². The van der Waals surface area contributed by atoms with Crippen molar-refractivity contribution >= 4 is 16.0 Å². The van der Waals surface area contributed by atoms with Crippen LogP contribution >= 0.6 is 0 Å². The quantitative estimate of drug-likeness (QED) is 0.866. The largest absolute Gasteiger partial charge is 0.475 e. The summed E-state index contributed by atoms with van der Waals surface area (Å²) in [5.41, 5.74) is 0. The molecule has 0 aliphatic heterocycles. The molecule has 21 heavy (non-hydrogen) atoms. The summed E-state index contributed by atoms with van der Waals surface area (Å²) < 4.78 is 32.2. The first-order chi connectivity index (χ1) is 9.87. The molecule has 0 radical (unpaired) electrons. The Morgan fingerprint density at radius 2 is 2.19 bits per heavy atom. The number of hydrogen-bond acceptors (Lipinski definition) is 4. The van der Waals surface area contributed by atoms with Crippen molar-refractivity contribution in [2.45, 2.75) is 37.5 Å². The number of sulfonamides is 1. The molecule has 116 valence electrons. The minimum absolute atomic E-state index is 0.0805. The first-order valence-corrected chi connectivity index (χ1v) is 8.68. The number of furan rings is 1. The highest BCUT2D eigenvalue weighted by Crippen LogP contribution is 2.48. The predicted octanol–water partition coefficient (Wildman–Crippen LogP) is 2.00. The first kappa shape index (κ1) is 14.6. The third-order valence-electron chi connectivity index (χ3n) is 4.79. The second-order valence-electron chi connectivity index (χ2n) is 6.12. The van der Waals surface area contributed by atoms with Gasteiger partial charge in [0.25, 0.3) is 0 Å². The van der Waals surface area contributed by atoms with E-state index in [1.54, 1.807) is 0 Å². The van der Waals surface area contributed by atoms with Gasteiger partial charge < -0.3 is 9.52 Å². The highest BCUT2D eigenvalue weighted by atomic mass is 32.2. The summed E-state index contributed by atoms with van der Waals surface area (Å²) in [6.07, 6.45) is 4.79. The van der Waals surface area contributed by atoms with Crippen LogP contribution < -0.4 is 4.72 Å². The zero-order chi connectivity index (χ0) is 15.2. The molecule has 0 saturated heterocycles. The summed E-state index contributed by atoms with van der Waals surface area (Å²) in [7, 11) is -3.72. The normalized spacial score (nSPS) is 28.1. The van der Waals surface area contributed by atoms with Crippen molar-refractivity contribution in [3.8, 4) is 0 Å². The van der Waals surface area contributed by atoms with Crippen molar-refractivity contribution in [3.63, 3.8) is 0 Å². The van der Waals surface area contributed by atoms with E-state index in [1.165, 1.54) is 26.2 Å². The van der Waals surface area contributed by atoms with E-state index < -0.39 is 16.0 Å². The molecule has 2 aliphatic carbocycles. The van der Waals surface area contributed by atoms with Crippen molar-refractivity contribution in [2.75, 3.05) is 6.54 Å². The summed E-state index contributed by atoms with van der Waals surface area (Å²) in [6.45, 7) is 1.88. The summed E-state index contributed by atoms with van der Waals surface area (Å²) in [4.78, 5) is 10.8. The van der Waals surface area contributed by atoms with Gasteiger partial charge >= 0.3 is 5.97 Å². The fraction of sp³-hybridized carbons (Fsp3) is 0.643. The molecule has 7 heteroatoms. The van der Waals surface area contributed by atoms with Gasteiger partial charge in [-0.3, -0.25) is 0 Å². The van der Waals surface area contributed by atoms with Gasteiger partial charge in [0.1, 0.15) is 10.7 Å². The van der Waals surface area contributed by atoms with E-state index in [-0.39, 0.29) is 16.4 Å². The van der Waals surface area contributed by atoms with Gasteiger partial charge in [0.05, 0.1) is 0 Å². The van der Waals surface area contributed by atoms with E-state index in [9.17, 15) is 13.2 Å². The number of aryl methyl sites for hydroxylation is 1. The highest BCUT2D eigenvalue weighted by molar-refractivity contribution is 7.89. The van der Waals surface area contributed by atoms with Crippen molar-refractivity contribution in [1.29, 1.82) is 0 Å². The van der Waals surface area contributed by atoms with E-state index >= 15 is 0 Å². The van der Waals surface area contributed by atoms with E-state index in [4.69, 9.17) is 9.52 Å². The summed E-state index contributed by atoms with van der Waals surface area (Å²) >= 11 is 0. The molecule has 1 aromatic rings. The van der Waals surface area contributed by atoms with E-state index in [1.807, 2.05) is 0 Å². The van der Waals surface area contributed by atoms with Crippen molar-refractivity contribution < 1.29 is 22.7 Å². The first-order valence-electron chi connectivity index (χ1n) is 7.20. The number of carbonyl (C=O) groups is 1. The molecule has 0 spiro atoms. The average molecular weight is 313 g/mol. The molecule has 2 bridgehead atoms. The minimum Gasteiger partial charge on any atom is -0.475 e. The topological polar surface area (TPSA) is 96.6 Å².